The van der Waals surface area contributed by atoms with Gasteiger partial charge in [-0.3, -0.25) is 0 Å². The van der Waals surface area contributed by atoms with Crippen molar-refractivity contribution >= 4 is 10.0 Å². The maximum Gasteiger partial charge on any atom is 0.244 e. The van der Waals surface area contributed by atoms with E-state index in [0.717, 1.165) is 5.69 Å². The van der Waals surface area contributed by atoms with Gasteiger partial charge in [-0.25, -0.2) is 8.42 Å². The summed E-state index contributed by atoms with van der Waals surface area (Å²) < 4.78 is 31.5. The number of aromatic nitrogens is 1. The summed E-state index contributed by atoms with van der Waals surface area (Å²) in [5.74, 6) is 0. The van der Waals surface area contributed by atoms with Crippen LogP contribution in [0.2, 0.25) is 0 Å². The van der Waals surface area contributed by atoms with Crippen molar-refractivity contribution in [3.63, 3.8) is 0 Å². The van der Waals surface area contributed by atoms with Crippen molar-refractivity contribution in [3.8, 4) is 0 Å². The minimum Gasteiger partial charge on any atom is -0.383 e. The van der Waals surface area contributed by atoms with Crippen molar-refractivity contribution in [3.05, 3.63) is 18.0 Å². The Hall–Kier alpha value is -0.890. The Morgan fingerprint density at radius 3 is 2.68 bits per heavy atom. The molecule has 0 aliphatic carbocycles. The lowest BCUT2D eigenvalue weighted by atomic mass is 10.4. The van der Waals surface area contributed by atoms with Crippen molar-refractivity contribution in [1.29, 1.82) is 0 Å². The van der Waals surface area contributed by atoms with E-state index >= 15 is 0 Å². The van der Waals surface area contributed by atoms with Gasteiger partial charge in [-0.2, -0.15) is 4.31 Å². The molecule has 6 nitrogen and oxygen atoms in total. The molecular formula is C12H23N3O3S. The van der Waals surface area contributed by atoms with Gasteiger partial charge in [-0.15, -0.1) is 0 Å². The van der Waals surface area contributed by atoms with E-state index < -0.39 is 10.0 Å². The van der Waals surface area contributed by atoms with E-state index in [1.807, 2.05) is 20.9 Å². The zero-order chi connectivity index (χ0) is 14.5. The van der Waals surface area contributed by atoms with Gasteiger partial charge in [0.1, 0.15) is 0 Å². The average molecular weight is 289 g/mol. The fraction of sp³-hybridized carbons (Fsp3) is 0.667. The number of H-pyrrole nitrogens is 1. The molecule has 0 spiro atoms. The maximum atomic E-state index is 12.5. The van der Waals surface area contributed by atoms with E-state index in [-0.39, 0.29) is 6.04 Å². The molecule has 0 aliphatic heterocycles. The fourth-order valence-corrected chi connectivity index (χ4v) is 3.47. The molecule has 110 valence electrons. The monoisotopic (exact) mass is 289 g/mol. The van der Waals surface area contributed by atoms with Crippen LogP contribution in [0.15, 0.2) is 17.2 Å². The molecule has 19 heavy (non-hydrogen) atoms. The second-order valence-electron chi connectivity index (χ2n) is 4.59. The normalized spacial score (nSPS) is 12.5. The minimum atomic E-state index is -3.48. The van der Waals surface area contributed by atoms with Gasteiger partial charge < -0.3 is 15.0 Å². The van der Waals surface area contributed by atoms with E-state index in [1.165, 1.54) is 10.5 Å². The van der Waals surface area contributed by atoms with Crippen molar-refractivity contribution < 1.29 is 13.2 Å². The third kappa shape index (κ3) is 4.04. The highest BCUT2D eigenvalue weighted by molar-refractivity contribution is 7.89. The molecular weight excluding hydrogens is 266 g/mol. The van der Waals surface area contributed by atoms with Gasteiger partial charge in [0.2, 0.25) is 10.0 Å². The van der Waals surface area contributed by atoms with E-state index in [1.54, 1.807) is 13.2 Å². The van der Waals surface area contributed by atoms with Crippen LogP contribution in [0.1, 0.15) is 19.5 Å². The molecule has 1 rings (SSSR count). The summed E-state index contributed by atoms with van der Waals surface area (Å²) >= 11 is 0. The molecule has 0 saturated heterocycles. The molecule has 1 aromatic heterocycles. The van der Waals surface area contributed by atoms with Crippen molar-refractivity contribution in [2.45, 2.75) is 31.3 Å². The first kappa shape index (κ1) is 16.2. The summed E-state index contributed by atoms with van der Waals surface area (Å²) in [5.41, 5.74) is 0.844. The van der Waals surface area contributed by atoms with Crippen LogP contribution in [-0.4, -0.2) is 51.1 Å². The predicted octanol–water partition coefficient (Wildman–Crippen LogP) is 0.780. The molecule has 0 fully saturated rings. The van der Waals surface area contributed by atoms with Crippen LogP contribution in [0.4, 0.5) is 0 Å². The molecule has 0 amide bonds. The molecule has 1 heterocycles. The highest BCUT2D eigenvalue weighted by Crippen LogP contribution is 2.19. The lowest BCUT2D eigenvalue weighted by Crippen LogP contribution is -2.39. The van der Waals surface area contributed by atoms with Crippen LogP contribution < -0.4 is 5.32 Å². The smallest absolute Gasteiger partial charge is 0.244 e. The number of nitrogens with zero attached hydrogens (tertiary/aromatic N) is 1. The molecule has 0 aliphatic rings. The summed E-state index contributed by atoms with van der Waals surface area (Å²) in [7, 11) is -0.100. The molecule has 0 radical (unpaired) electrons. The van der Waals surface area contributed by atoms with E-state index in [9.17, 15) is 8.42 Å². The molecule has 0 bridgehead atoms. The van der Waals surface area contributed by atoms with Crippen LogP contribution in [0.25, 0.3) is 0 Å². The molecule has 0 unspecified atom stereocenters. The first-order chi connectivity index (χ1) is 8.93. The molecule has 0 saturated carbocycles. The molecule has 7 heteroatoms. The number of hydrogen-bond acceptors (Lipinski definition) is 4. The number of ether oxygens (including phenoxy) is 1. The molecule has 2 N–H and O–H groups in total. The number of rotatable bonds is 8. The first-order valence-corrected chi connectivity index (χ1v) is 7.70. The van der Waals surface area contributed by atoms with Gasteiger partial charge in [-0.1, -0.05) is 0 Å². The van der Waals surface area contributed by atoms with Crippen LogP contribution in [0.3, 0.4) is 0 Å². The van der Waals surface area contributed by atoms with Gasteiger partial charge >= 0.3 is 0 Å². The van der Waals surface area contributed by atoms with E-state index in [4.69, 9.17) is 4.74 Å². The zero-order valence-electron chi connectivity index (χ0n) is 11.9. The second kappa shape index (κ2) is 7.04. The number of nitrogens with one attached hydrogen (secondary N) is 2. The largest absolute Gasteiger partial charge is 0.383 e. The van der Waals surface area contributed by atoms with E-state index in [2.05, 4.69) is 10.3 Å². The Morgan fingerprint density at radius 2 is 2.16 bits per heavy atom. The zero-order valence-corrected chi connectivity index (χ0v) is 12.8. The van der Waals surface area contributed by atoms with Crippen LogP contribution in [0, 0.1) is 0 Å². The second-order valence-corrected chi connectivity index (χ2v) is 6.48. The third-order valence-corrected chi connectivity index (χ3v) is 4.83. The average Bonchev–Trinajstić information content (AvgIpc) is 2.78. The quantitative estimate of drug-likeness (QED) is 0.741. The predicted molar refractivity (Wildman–Crippen MR) is 74.5 cm³/mol. The van der Waals surface area contributed by atoms with Gasteiger partial charge in [0.25, 0.3) is 0 Å². The molecule has 0 aromatic carbocycles. The lowest BCUT2D eigenvalue weighted by Gasteiger charge is -2.24. The highest BCUT2D eigenvalue weighted by Gasteiger charge is 2.27. The van der Waals surface area contributed by atoms with E-state index in [0.29, 0.717) is 24.6 Å². The fourth-order valence-electron chi connectivity index (χ4n) is 1.83. The highest BCUT2D eigenvalue weighted by atomic mass is 32.2. The van der Waals surface area contributed by atoms with Crippen LogP contribution >= 0.6 is 0 Å². The Kier molecular flexibility index (Phi) is 5.99. The number of aromatic amines is 1. The topological polar surface area (TPSA) is 74.4 Å². The number of sulfonamides is 1. The molecule has 0 atom stereocenters. The number of methoxy groups -OCH3 is 1. The minimum absolute atomic E-state index is 0.109. The van der Waals surface area contributed by atoms with Gasteiger partial charge in [0.05, 0.1) is 11.5 Å². The van der Waals surface area contributed by atoms with Gasteiger partial charge in [0.15, 0.2) is 0 Å². The van der Waals surface area contributed by atoms with Gasteiger partial charge in [-0.05, 0) is 27.0 Å². The number of hydrogen-bond donors (Lipinski definition) is 2. The van der Waals surface area contributed by atoms with Crippen molar-refractivity contribution in [2.24, 2.45) is 0 Å². The first-order valence-electron chi connectivity index (χ1n) is 6.26. The van der Waals surface area contributed by atoms with Crippen molar-refractivity contribution in [2.75, 3.05) is 27.3 Å². The summed E-state index contributed by atoms with van der Waals surface area (Å²) in [6.07, 6.45) is 1.53. The Labute approximate surface area is 115 Å². The van der Waals surface area contributed by atoms with Crippen LogP contribution in [0.5, 0.6) is 0 Å². The van der Waals surface area contributed by atoms with Gasteiger partial charge in [0, 0.05) is 38.1 Å². The summed E-state index contributed by atoms with van der Waals surface area (Å²) in [6.45, 7) is 5.05. The Morgan fingerprint density at radius 1 is 1.47 bits per heavy atom. The summed E-state index contributed by atoms with van der Waals surface area (Å²) in [5, 5.41) is 2.98. The Bertz CT molecular complexity index is 482. The summed E-state index contributed by atoms with van der Waals surface area (Å²) in [4.78, 5) is 3.26. The Balaban J connectivity index is 2.97. The SMILES string of the molecule is CNCc1cc(S(=O)(=O)N(CCOC)C(C)C)c[nH]1. The lowest BCUT2D eigenvalue weighted by molar-refractivity contribution is 0.171. The third-order valence-electron chi connectivity index (χ3n) is 2.78. The maximum absolute atomic E-state index is 12.5. The standard InChI is InChI=1S/C12H23N3O3S/c1-10(2)15(5-6-18-4)19(16,17)12-7-11(8-13-3)14-9-12/h7,9-10,13-14H,5-6,8H2,1-4H3. The molecule has 1 aromatic rings. The summed E-state index contributed by atoms with van der Waals surface area (Å²) in [6, 6.07) is 1.55. The van der Waals surface area contributed by atoms with Crippen LogP contribution in [-0.2, 0) is 21.3 Å². The van der Waals surface area contributed by atoms with Crippen molar-refractivity contribution in [1.82, 2.24) is 14.6 Å².